The number of hydrogen-bond donors (Lipinski definition) is 2. The maximum atomic E-state index is 12.4. The smallest absolute Gasteiger partial charge is 0.271 e. The Morgan fingerprint density at radius 1 is 1.28 bits per heavy atom. The second-order valence-electron chi connectivity index (χ2n) is 5.92. The molecule has 0 saturated heterocycles. The fraction of sp³-hybridized carbons (Fsp3) is 0.375. The van der Waals surface area contributed by atoms with Gasteiger partial charge in [-0.1, -0.05) is 25.4 Å². The molecule has 1 aromatic carbocycles. The predicted molar refractivity (Wildman–Crippen MR) is 101 cm³/mol. The topological polar surface area (TPSA) is 88.2 Å². The number of halogens is 1. The lowest BCUT2D eigenvalue weighted by atomic mass is 10.1. The Morgan fingerprint density at radius 2 is 1.92 bits per heavy atom. The van der Waals surface area contributed by atoms with Crippen molar-refractivity contribution in [1.29, 1.82) is 0 Å². The van der Waals surface area contributed by atoms with Crippen LogP contribution in [-0.4, -0.2) is 25.9 Å². The summed E-state index contributed by atoms with van der Waals surface area (Å²) in [4.78, 5) is 17.0. The molecule has 0 atom stereocenters. The Hall–Kier alpha value is -1.64. The van der Waals surface area contributed by atoms with Crippen LogP contribution in [-0.2, 0) is 10.0 Å². The third-order valence-electron chi connectivity index (χ3n) is 3.36. The van der Waals surface area contributed by atoms with E-state index < -0.39 is 10.0 Å². The van der Waals surface area contributed by atoms with E-state index in [4.69, 9.17) is 11.6 Å². The van der Waals surface area contributed by atoms with Crippen LogP contribution < -0.4 is 10.0 Å². The first-order valence-corrected chi connectivity index (χ1v) is 10.4. The third kappa shape index (κ3) is 5.42. The van der Waals surface area contributed by atoms with Crippen molar-refractivity contribution in [2.45, 2.75) is 32.1 Å². The number of amides is 1. The zero-order chi connectivity index (χ0) is 18.6. The van der Waals surface area contributed by atoms with Crippen LogP contribution in [0.25, 0.3) is 0 Å². The molecule has 2 N–H and O–H groups in total. The van der Waals surface area contributed by atoms with Gasteiger partial charge in [-0.2, -0.15) is 0 Å². The van der Waals surface area contributed by atoms with Gasteiger partial charge >= 0.3 is 0 Å². The third-order valence-corrected chi connectivity index (χ3v) is 5.99. The summed E-state index contributed by atoms with van der Waals surface area (Å²) in [5.41, 5.74) is 0.238. The van der Waals surface area contributed by atoms with Crippen LogP contribution in [0.2, 0.25) is 5.02 Å². The first-order chi connectivity index (χ1) is 11.7. The largest absolute Gasteiger partial charge is 0.351 e. The van der Waals surface area contributed by atoms with E-state index in [0.29, 0.717) is 22.4 Å². The van der Waals surface area contributed by atoms with E-state index in [1.165, 1.54) is 24.3 Å². The summed E-state index contributed by atoms with van der Waals surface area (Å²) in [5, 5.41) is 3.40. The van der Waals surface area contributed by atoms with Crippen LogP contribution in [0.5, 0.6) is 0 Å². The minimum atomic E-state index is -3.78. The molecule has 0 aliphatic rings. The normalized spacial score (nSPS) is 11.6. The SMILES string of the molecule is Cc1sc(NS(=O)(=O)c2ccc(Cl)cc2)nc1C(=O)NCCC(C)C. The van der Waals surface area contributed by atoms with Gasteiger partial charge in [0.15, 0.2) is 5.13 Å². The molecule has 0 saturated carbocycles. The number of sulfonamides is 1. The standard InChI is InChI=1S/C16H20ClN3O3S2/c1-10(2)8-9-18-15(21)14-11(3)24-16(19-14)20-25(22,23)13-6-4-12(17)5-7-13/h4-7,10H,8-9H2,1-3H3,(H,18,21)(H,19,20). The second kappa shape index (κ2) is 8.16. The number of carbonyl (C=O) groups is 1. The van der Waals surface area contributed by atoms with Gasteiger partial charge in [-0.3, -0.25) is 9.52 Å². The first kappa shape index (κ1) is 19.7. The van der Waals surface area contributed by atoms with Crippen LogP contribution in [0.15, 0.2) is 29.2 Å². The lowest BCUT2D eigenvalue weighted by molar-refractivity contribution is 0.0947. The van der Waals surface area contributed by atoms with Gasteiger partial charge in [0.05, 0.1) is 4.90 Å². The zero-order valence-electron chi connectivity index (χ0n) is 14.2. The van der Waals surface area contributed by atoms with Crippen molar-refractivity contribution in [1.82, 2.24) is 10.3 Å². The van der Waals surface area contributed by atoms with Crippen molar-refractivity contribution in [2.24, 2.45) is 5.92 Å². The van der Waals surface area contributed by atoms with Crippen LogP contribution >= 0.6 is 22.9 Å². The zero-order valence-corrected chi connectivity index (χ0v) is 16.6. The van der Waals surface area contributed by atoms with Gasteiger partial charge in [-0.05, 0) is 43.5 Å². The summed E-state index contributed by atoms with van der Waals surface area (Å²) < 4.78 is 27.1. The summed E-state index contributed by atoms with van der Waals surface area (Å²) in [5.74, 6) is 0.185. The molecule has 0 spiro atoms. The number of rotatable bonds is 7. The van der Waals surface area contributed by atoms with Crippen LogP contribution in [0, 0.1) is 12.8 Å². The van der Waals surface area contributed by atoms with Gasteiger partial charge in [0.2, 0.25) is 0 Å². The molecule has 0 bridgehead atoms. The molecule has 2 rings (SSSR count). The first-order valence-electron chi connectivity index (χ1n) is 7.73. The lowest BCUT2D eigenvalue weighted by Crippen LogP contribution is -2.26. The molecular weight excluding hydrogens is 382 g/mol. The van der Waals surface area contributed by atoms with Crippen molar-refractivity contribution >= 4 is 44.0 Å². The molecular formula is C16H20ClN3O3S2. The van der Waals surface area contributed by atoms with Crippen molar-refractivity contribution in [2.75, 3.05) is 11.3 Å². The highest BCUT2D eigenvalue weighted by Crippen LogP contribution is 2.25. The Bertz CT molecular complexity index is 846. The molecule has 0 aliphatic carbocycles. The number of benzene rings is 1. The van der Waals surface area contributed by atoms with Gasteiger partial charge in [-0.25, -0.2) is 13.4 Å². The van der Waals surface area contributed by atoms with Crippen molar-refractivity contribution in [3.8, 4) is 0 Å². The van der Waals surface area contributed by atoms with E-state index in [1.807, 2.05) is 0 Å². The number of anilines is 1. The predicted octanol–water partition coefficient (Wildman–Crippen LogP) is 3.68. The number of thiazole rings is 1. The van der Waals surface area contributed by atoms with E-state index in [0.717, 1.165) is 17.8 Å². The summed E-state index contributed by atoms with van der Waals surface area (Å²) in [6.07, 6.45) is 0.866. The fourth-order valence-corrected chi connectivity index (χ4v) is 4.17. The second-order valence-corrected chi connectivity index (χ2v) is 9.24. The molecule has 0 aliphatic heterocycles. The van der Waals surface area contributed by atoms with Crippen molar-refractivity contribution in [3.63, 3.8) is 0 Å². The maximum Gasteiger partial charge on any atom is 0.271 e. The summed E-state index contributed by atoms with van der Waals surface area (Å²) in [6.45, 7) is 6.43. The van der Waals surface area contributed by atoms with Crippen LogP contribution in [0.4, 0.5) is 5.13 Å². The Balaban J connectivity index is 2.11. The highest BCUT2D eigenvalue weighted by molar-refractivity contribution is 7.93. The number of nitrogens with one attached hydrogen (secondary N) is 2. The Kier molecular flexibility index (Phi) is 6.42. The number of carbonyl (C=O) groups excluding carboxylic acids is 1. The molecule has 25 heavy (non-hydrogen) atoms. The average Bonchev–Trinajstić information content (AvgIpc) is 2.87. The number of aryl methyl sites for hydroxylation is 1. The van der Waals surface area contributed by atoms with Crippen molar-refractivity contribution < 1.29 is 13.2 Å². The molecule has 1 aromatic heterocycles. The minimum absolute atomic E-state index is 0.0766. The number of aromatic nitrogens is 1. The van der Waals surface area contributed by atoms with E-state index in [9.17, 15) is 13.2 Å². The molecule has 0 fully saturated rings. The molecule has 2 aromatic rings. The van der Waals surface area contributed by atoms with Gasteiger partial charge in [0, 0.05) is 16.4 Å². The molecule has 6 nitrogen and oxygen atoms in total. The monoisotopic (exact) mass is 401 g/mol. The van der Waals surface area contributed by atoms with Crippen molar-refractivity contribution in [3.05, 3.63) is 39.9 Å². The summed E-state index contributed by atoms with van der Waals surface area (Å²) in [7, 11) is -3.78. The van der Waals surface area contributed by atoms with E-state index in [2.05, 4.69) is 28.9 Å². The van der Waals surface area contributed by atoms with E-state index in [-0.39, 0.29) is 21.6 Å². The fourth-order valence-electron chi connectivity index (χ4n) is 2.00. The molecule has 0 unspecified atom stereocenters. The van der Waals surface area contributed by atoms with Crippen LogP contribution in [0.1, 0.15) is 35.6 Å². The van der Waals surface area contributed by atoms with Gasteiger partial charge in [0.1, 0.15) is 5.69 Å². The summed E-state index contributed by atoms with van der Waals surface area (Å²) >= 11 is 6.89. The van der Waals surface area contributed by atoms with Gasteiger partial charge < -0.3 is 5.32 Å². The molecule has 1 heterocycles. The quantitative estimate of drug-likeness (QED) is 0.740. The van der Waals surface area contributed by atoms with Gasteiger partial charge in [-0.15, -0.1) is 11.3 Å². The lowest BCUT2D eigenvalue weighted by Gasteiger charge is -2.06. The molecule has 1 amide bonds. The number of hydrogen-bond acceptors (Lipinski definition) is 5. The van der Waals surface area contributed by atoms with E-state index >= 15 is 0 Å². The highest BCUT2D eigenvalue weighted by Gasteiger charge is 2.20. The molecule has 0 radical (unpaired) electrons. The molecule has 9 heteroatoms. The summed E-state index contributed by atoms with van der Waals surface area (Å²) in [6, 6.07) is 5.81. The Labute approximate surface area is 156 Å². The van der Waals surface area contributed by atoms with Crippen LogP contribution in [0.3, 0.4) is 0 Å². The molecule has 136 valence electrons. The van der Waals surface area contributed by atoms with E-state index in [1.54, 1.807) is 6.92 Å². The Morgan fingerprint density at radius 3 is 2.52 bits per heavy atom. The average molecular weight is 402 g/mol. The van der Waals surface area contributed by atoms with Gasteiger partial charge in [0.25, 0.3) is 15.9 Å². The highest BCUT2D eigenvalue weighted by atomic mass is 35.5. The number of nitrogens with zero attached hydrogens (tertiary/aromatic N) is 1. The minimum Gasteiger partial charge on any atom is -0.351 e. The maximum absolute atomic E-state index is 12.4.